The number of alkyl halides is 3. The molecule has 1 saturated heterocycles. The number of nitrogens with two attached hydrogens (primary N) is 1. The summed E-state index contributed by atoms with van der Waals surface area (Å²) < 4.78 is 40.0. The van der Waals surface area contributed by atoms with E-state index in [4.69, 9.17) is 5.73 Å². The summed E-state index contributed by atoms with van der Waals surface area (Å²) in [6, 6.07) is 11.7. The van der Waals surface area contributed by atoms with Gasteiger partial charge in [0.2, 0.25) is 0 Å². The molecule has 1 saturated carbocycles. The molecule has 4 N–H and O–H groups in total. The molecule has 1 aliphatic carbocycles. The minimum atomic E-state index is -4.63. The molecule has 0 aromatic heterocycles. The van der Waals surface area contributed by atoms with E-state index in [2.05, 4.69) is 16.3 Å². The highest BCUT2D eigenvalue weighted by molar-refractivity contribution is 5.90. The smallest absolute Gasteiger partial charge is 0.398 e. The van der Waals surface area contributed by atoms with Crippen molar-refractivity contribution in [1.29, 1.82) is 5.26 Å². The van der Waals surface area contributed by atoms with Crippen LogP contribution < -0.4 is 11.1 Å². The van der Waals surface area contributed by atoms with Crippen molar-refractivity contribution in [2.75, 3.05) is 37.2 Å². The van der Waals surface area contributed by atoms with Crippen molar-refractivity contribution >= 4 is 17.4 Å². The van der Waals surface area contributed by atoms with E-state index in [1.54, 1.807) is 29.2 Å². The average molecular weight is 516 g/mol. The van der Waals surface area contributed by atoms with Crippen LogP contribution >= 0.6 is 0 Å². The van der Waals surface area contributed by atoms with Crippen LogP contribution in [-0.4, -0.2) is 53.2 Å². The van der Waals surface area contributed by atoms with Gasteiger partial charge in [0.05, 0.1) is 22.8 Å². The fraction of sp³-hybridized carbons (Fsp3) is 0.481. The van der Waals surface area contributed by atoms with Crippen LogP contribution in [0.1, 0.15) is 55.2 Å². The van der Waals surface area contributed by atoms with Gasteiger partial charge in [-0.05, 0) is 87.5 Å². The van der Waals surface area contributed by atoms with E-state index in [0.29, 0.717) is 49.9 Å². The SMILES string of the molecule is N#Cc1cccc(C2(O)CCC(N(CCN3CCCC3)C(=O)Nc3ccc(N)c(C(F)(F)F)c3)CC2)c1. The Morgan fingerprint density at radius 3 is 2.54 bits per heavy atom. The second-order valence-corrected chi connectivity index (χ2v) is 9.93. The minimum absolute atomic E-state index is 0.0262. The average Bonchev–Trinajstić information content (AvgIpc) is 3.39. The van der Waals surface area contributed by atoms with Crippen LogP contribution in [0.5, 0.6) is 0 Å². The van der Waals surface area contributed by atoms with Crippen molar-refractivity contribution in [1.82, 2.24) is 9.80 Å². The lowest BCUT2D eigenvalue weighted by molar-refractivity contribution is -0.136. The van der Waals surface area contributed by atoms with Gasteiger partial charge in [0, 0.05) is 30.5 Å². The molecule has 1 aliphatic heterocycles. The summed E-state index contributed by atoms with van der Waals surface area (Å²) in [5.74, 6) is 0. The number of nitrogens with zero attached hydrogens (tertiary/aromatic N) is 3. The first-order valence-electron chi connectivity index (χ1n) is 12.6. The maximum Gasteiger partial charge on any atom is 0.418 e. The highest BCUT2D eigenvalue weighted by atomic mass is 19.4. The standard InChI is InChI=1S/C27H32F3N5O2/c28-27(29,30)23-17-21(6-7-24(23)32)33-25(36)35(15-14-34-12-1-2-13-34)22-8-10-26(37,11-9-22)20-5-3-4-19(16-20)18-31/h3-7,16-17,22,37H,1-2,8-15,32H2,(H,33,36). The monoisotopic (exact) mass is 515 g/mol. The Morgan fingerprint density at radius 2 is 1.89 bits per heavy atom. The van der Waals surface area contributed by atoms with Gasteiger partial charge in [0.1, 0.15) is 0 Å². The van der Waals surface area contributed by atoms with Crippen molar-refractivity contribution in [3.63, 3.8) is 0 Å². The summed E-state index contributed by atoms with van der Waals surface area (Å²) in [5, 5.41) is 23.2. The van der Waals surface area contributed by atoms with Crippen molar-refractivity contribution in [2.24, 2.45) is 0 Å². The Kier molecular flexibility index (Phi) is 7.95. The maximum absolute atomic E-state index is 13.4. The van der Waals surface area contributed by atoms with Gasteiger partial charge in [-0.3, -0.25) is 0 Å². The topological polar surface area (TPSA) is 106 Å². The second-order valence-electron chi connectivity index (χ2n) is 9.93. The molecule has 10 heteroatoms. The molecule has 37 heavy (non-hydrogen) atoms. The summed E-state index contributed by atoms with van der Waals surface area (Å²) in [5.41, 5.74) is 4.19. The number of likely N-dealkylation sites (tertiary alicyclic amines) is 1. The van der Waals surface area contributed by atoms with Crippen LogP contribution in [0, 0.1) is 11.3 Å². The van der Waals surface area contributed by atoms with Gasteiger partial charge in [-0.1, -0.05) is 12.1 Å². The summed E-state index contributed by atoms with van der Waals surface area (Å²) in [6.45, 7) is 3.03. The zero-order valence-electron chi connectivity index (χ0n) is 20.6. The molecule has 2 fully saturated rings. The molecule has 2 aromatic rings. The van der Waals surface area contributed by atoms with Gasteiger partial charge >= 0.3 is 12.2 Å². The highest BCUT2D eigenvalue weighted by Crippen LogP contribution is 2.39. The van der Waals surface area contributed by atoms with Crippen LogP contribution in [0.15, 0.2) is 42.5 Å². The first kappa shape index (κ1) is 26.8. The normalized spacial score (nSPS) is 22.4. The first-order valence-corrected chi connectivity index (χ1v) is 12.6. The van der Waals surface area contributed by atoms with Crippen LogP contribution in [0.4, 0.5) is 29.3 Å². The molecule has 0 atom stereocenters. The van der Waals surface area contributed by atoms with Gasteiger partial charge in [-0.2, -0.15) is 18.4 Å². The van der Waals surface area contributed by atoms with Gasteiger partial charge in [-0.15, -0.1) is 0 Å². The molecule has 0 radical (unpaired) electrons. The lowest BCUT2D eigenvalue weighted by atomic mass is 9.77. The van der Waals surface area contributed by atoms with Crippen LogP contribution in [-0.2, 0) is 11.8 Å². The maximum atomic E-state index is 13.4. The Bertz CT molecular complexity index is 1150. The summed E-state index contributed by atoms with van der Waals surface area (Å²) in [4.78, 5) is 17.3. The first-order chi connectivity index (χ1) is 17.6. The lowest BCUT2D eigenvalue weighted by Crippen LogP contribution is -2.49. The molecule has 198 valence electrons. The Balaban J connectivity index is 1.49. The molecule has 0 bridgehead atoms. The molecule has 2 aliphatic rings. The quantitative estimate of drug-likeness (QED) is 0.474. The number of halogens is 3. The third kappa shape index (κ3) is 6.35. The van der Waals surface area contributed by atoms with E-state index >= 15 is 0 Å². The molecule has 7 nitrogen and oxygen atoms in total. The Labute approximate surface area is 214 Å². The number of urea groups is 1. The number of hydrogen-bond donors (Lipinski definition) is 3. The number of benzene rings is 2. The Hall–Kier alpha value is -3.29. The molecule has 4 rings (SSSR count). The van der Waals surface area contributed by atoms with Gasteiger partial charge < -0.3 is 26.0 Å². The van der Waals surface area contributed by atoms with E-state index in [-0.39, 0.29) is 11.7 Å². The number of rotatable bonds is 6. The van der Waals surface area contributed by atoms with Gasteiger partial charge in [0.15, 0.2) is 0 Å². The number of aliphatic hydroxyl groups is 1. The van der Waals surface area contributed by atoms with E-state index in [0.717, 1.165) is 38.1 Å². The zero-order valence-corrected chi connectivity index (χ0v) is 20.6. The van der Waals surface area contributed by atoms with Crippen molar-refractivity contribution in [3.8, 4) is 6.07 Å². The van der Waals surface area contributed by atoms with Gasteiger partial charge in [0.25, 0.3) is 0 Å². The number of hydrogen-bond acceptors (Lipinski definition) is 5. The summed E-state index contributed by atoms with van der Waals surface area (Å²) in [7, 11) is 0. The van der Waals surface area contributed by atoms with Crippen molar-refractivity contribution < 1.29 is 23.1 Å². The van der Waals surface area contributed by atoms with E-state index in [9.17, 15) is 28.3 Å². The van der Waals surface area contributed by atoms with E-state index < -0.39 is 29.1 Å². The molecular formula is C27H32F3N5O2. The fourth-order valence-corrected chi connectivity index (χ4v) is 5.34. The predicted molar refractivity (Wildman–Crippen MR) is 135 cm³/mol. The van der Waals surface area contributed by atoms with E-state index in [1.165, 1.54) is 6.07 Å². The molecule has 0 spiro atoms. The third-order valence-corrected chi connectivity index (χ3v) is 7.48. The number of carbonyl (C=O) groups excluding carboxylic acids is 1. The van der Waals surface area contributed by atoms with Crippen molar-refractivity contribution in [2.45, 2.75) is 56.3 Å². The number of anilines is 2. The molecule has 1 heterocycles. The predicted octanol–water partition coefficient (Wildman–Crippen LogP) is 4.92. The van der Waals surface area contributed by atoms with Crippen molar-refractivity contribution in [3.05, 3.63) is 59.2 Å². The summed E-state index contributed by atoms with van der Waals surface area (Å²) in [6.07, 6.45) is -0.560. The van der Waals surface area contributed by atoms with E-state index in [1.807, 2.05) is 0 Å². The lowest BCUT2D eigenvalue weighted by Gasteiger charge is -2.41. The summed E-state index contributed by atoms with van der Waals surface area (Å²) >= 11 is 0. The fourth-order valence-electron chi connectivity index (χ4n) is 5.34. The molecule has 0 unspecified atom stereocenters. The number of nitriles is 1. The van der Waals surface area contributed by atoms with Crippen LogP contribution in [0.3, 0.4) is 0 Å². The zero-order chi connectivity index (χ0) is 26.6. The molecular weight excluding hydrogens is 483 g/mol. The largest absolute Gasteiger partial charge is 0.418 e. The number of nitrogen functional groups attached to an aromatic ring is 1. The second kappa shape index (κ2) is 11.0. The minimum Gasteiger partial charge on any atom is -0.398 e. The highest BCUT2D eigenvalue weighted by Gasteiger charge is 2.38. The number of amides is 2. The number of carbonyl (C=O) groups is 1. The van der Waals surface area contributed by atoms with Gasteiger partial charge in [-0.25, -0.2) is 4.79 Å². The Morgan fingerprint density at radius 1 is 1.19 bits per heavy atom. The van der Waals surface area contributed by atoms with Crippen LogP contribution in [0.2, 0.25) is 0 Å². The third-order valence-electron chi connectivity index (χ3n) is 7.48. The molecule has 2 aromatic carbocycles. The molecule has 2 amide bonds. The van der Waals surface area contributed by atoms with Crippen LogP contribution in [0.25, 0.3) is 0 Å². The number of nitrogens with one attached hydrogen (secondary N) is 1.